The molecule has 1 N–H and O–H groups in total. The Bertz CT molecular complexity index is 516. The van der Waals surface area contributed by atoms with Crippen molar-refractivity contribution in [3.8, 4) is 16.9 Å². The monoisotopic (exact) mass is 246 g/mol. The van der Waals surface area contributed by atoms with E-state index >= 15 is 0 Å². The van der Waals surface area contributed by atoms with Crippen molar-refractivity contribution < 1.29 is 19.1 Å². The fourth-order valence-electron chi connectivity index (χ4n) is 1.49. The zero-order chi connectivity index (χ0) is 13.0. The van der Waals surface area contributed by atoms with Crippen LogP contribution in [0.4, 0.5) is 0 Å². The van der Waals surface area contributed by atoms with Crippen molar-refractivity contribution in [2.45, 2.75) is 6.92 Å². The van der Waals surface area contributed by atoms with Crippen molar-refractivity contribution in [2.75, 3.05) is 6.61 Å². The van der Waals surface area contributed by atoms with E-state index in [1.54, 1.807) is 25.5 Å². The predicted octanol–water partition coefficient (Wildman–Crippen LogP) is 3.05. The molecule has 0 aliphatic carbocycles. The molecule has 0 aliphatic heterocycles. The van der Waals surface area contributed by atoms with Gasteiger partial charge in [-0.3, -0.25) is 4.79 Å². The van der Waals surface area contributed by atoms with Crippen molar-refractivity contribution >= 4 is 5.97 Å². The molecule has 0 saturated heterocycles. The van der Waals surface area contributed by atoms with E-state index in [2.05, 4.69) is 0 Å². The minimum absolute atomic E-state index is 0.157. The van der Waals surface area contributed by atoms with E-state index in [-0.39, 0.29) is 6.61 Å². The summed E-state index contributed by atoms with van der Waals surface area (Å²) in [5.74, 6) is -0.731. The average molecular weight is 246 g/mol. The molecule has 4 heteroatoms. The molecule has 0 fully saturated rings. The molecule has 0 spiro atoms. The molecule has 1 heterocycles. The van der Waals surface area contributed by atoms with E-state index < -0.39 is 11.9 Å². The zero-order valence-electron chi connectivity index (χ0n) is 10.00. The van der Waals surface area contributed by atoms with E-state index in [1.165, 1.54) is 0 Å². The van der Waals surface area contributed by atoms with Gasteiger partial charge in [0.2, 0.25) is 0 Å². The molecule has 0 saturated carbocycles. The van der Waals surface area contributed by atoms with Crippen molar-refractivity contribution in [1.82, 2.24) is 0 Å². The first-order valence-electron chi connectivity index (χ1n) is 5.65. The minimum Gasteiger partial charge on any atom is -0.493 e. The maximum absolute atomic E-state index is 10.7. The number of hydrogen-bond donors (Lipinski definition) is 1. The molecule has 0 amide bonds. The maximum atomic E-state index is 10.7. The Balaban J connectivity index is 2.06. The summed E-state index contributed by atoms with van der Waals surface area (Å²) in [6, 6.07) is 9.33. The molecule has 1 atom stereocenters. The topological polar surface area (TPSA) is 59.7 Å². The van der Waals surface area contributed by atoms with Gasteiger partial charge in [-0.15, -0.1) is 0 Å². The van der Waals surface area contributed by atoms with Gasteiger partial charge < -0.3 is 14.3 Å². The summed E-state index contributed by atoms with van der Waals surface area (Å²) >= 11 is 0. The number of furan rings is 1. The molecule has 1 aromatic heterocycles. The van der Waals surface area contributed by atoms with Gasteiger partial charge in [-0.05, 0) is 30.7 Å². The third-order valence-corrected chi connectivity index (χ3v) is 2.61. The summed E-state index contributed by atoms with van der Waals surface area (Å²) in [5.41, 5.74) is 1.94. The standard InChI is InChI=1S/C14H14O4/c1-10(14(15)16)8-18-13-4-2-3-11(7-13)12-5-6-17-9-12/h2-7,9-10H,8H2,1H3,(H,15,16). The highest BCUT2D eigenvalue weighted by atomic mass is 16.5. The second-order valence-electron chi connectivity index (χ2n) is 4.09. The molecule has 2 rings (SSSR count). The summed E-state index contributed by atoms with van der Waals surface area (Å²) in [6.45, 7) is 1.77. The Hall–Kier alpha value is -2.23. The van der Waals surface area contributed by atoms with Crippen LogP contribution < -0.4 is 4.74 Å². The van der Waals surface area contributed by atoms with E-state index in [9.17, 15) is 4.79 Å². The molecular formula is C14H14O4. The SMILES string of the molecule is CC(COc1cccc(-c2ccoc2)c1)C(=O)O. The van der Waals surface area contributed by atoms with Crippen molar-refractivity contribution in [1.29, 1.82) is 0 Å². The number of carbonyl (C=O) groups is 1. The molecule has 0 bridgehead atoms. The Morgan fingerprint density at radius 2 is 2.22 bits per heavy atom. The van der Waals surface area contributed by atoms with Gasteiger partial charge in [-0.2, -0.15) is 0 Å². The summed E-state index contributed by atoms with van der Waals surface area (Å²) in [4.78, 5) is 10.7. The maximum Gasteiger partial charge on any atom is 0.309 e. The van der Waals surface area contributed by atoms with Crippen molar-refractivity contribution in [3.63, 3.8) is 0 Å². The van der Waals surface area contributed by atoms with Gasteiger partial charge in [0.05, 0.1) is 18.4 Å². The van der Waals surface area contributed by atoms with Gasteiger partial charge in [0.15, 0.2) is 0 Å². The van der Waals surface area contributed by atoms with Gasteiger partial charge in [0.25, 0.3) is 0 Å². The smallest absolute Gasteiger partial charge is 0.309 e. The first-order valence-corrected chi connectivity index (χ1v) is 5.65. The highest BCUT2D eigenvalue weighted by Gasteiger charge is 2.11. The molecule has 18 heavy (non-hydrogen) atoms. The van der Waals surface area contributed by atoms with Crippen molar-refractivity contribution in [2.24, 2.45) is 5.92 Å². The lowest BCUT2D eigenvalue weighted by atomic mass is 10.1. The van der Waals surface area contributed by atoms with Crippen LogP contribution >= 0.6 is 0 Å². The first-order chi connectivity index (χ1) is 8.66. The van der Waals surface area contributed by atoms with Crippen LogP contribution in [0.1, 0.15) is 6.92 Å². The Kier molecular flexibility index (Phi) is 3.67. The molecule has 2 aromatic rings. The lowest BCUT2D eigenvalue weighted by Gasteiger charge is -2.10. The third-order valence-electron chi connectivity index (χ3n) is 2.61. The van der Waals surface area contributed by atoms with Crippen LogP contribution in [0.3, 0.4) is 0 Å². The Labute approximate surface area is 105 Å². The quantitative estimate of drug-likeness (QED) is 0.880. The lowest BCUT2D eigenvalue weighted by molar-refractivity contribution is -0.142. The summed E-state index contributed by atoms with van der Waals surface area (Å²) < 4.78 is 10.5. The van der Waals surface area contributed by atoms with Crippen LogP contribution in [-0.4, -0.2) is 17.7 Å². The Morgan fingerprint density at radius 3 is 2.89 bits per heavy atom. The van der Waals surface area contributed by atoms with E-state index in [4.69, 9.17) is 14.3 Å². The molecule has 0 radical (unpaired) electrons. The number of carboxylic acids is 1. The van der Waals surface area contributed by atoms with Crippen LogP contribution in [0.5, 0.6) is 5.75 Å². The van der Waals surface area contributed by atoms with E-state index in [1.807, 2.05) is 24.3 Å². The van der Waals surface area contributed by atoms with Crippen LogP contribution in [0.15, 0.2) is 47.3 Å². The highest BCUT2D eigenvalue weighted by Crippen LogP contribution is 2.24. The second-order valence-corrected chi connectivity index (χ2v) is 4.09. The molecule has 94 valence electrons. The van der Waals surface area contributed by atoms with Crippen molar-refractivity contribution in [3.05, 3.63) is 42.9 Å². The fourth-order valence-corrected chi connectivity index (χ4v) is 1.49. The number of rotatable bonds is 5. The lowest BCUT2D eigenvalue weighted by Crippen LogP contribution is -2.17. The molecule has 4 nitrogen and oxygen atoms in total. The number of carboxylic acid groups (broad SMARTS) is 1. The normalized spacial score (nSPS) is 12.1. The molecule has 1 aromatic carbocycles. The van der Waals surface area contributed by atoms with E-state index in [0.717, 1.165) is 11.1 Å². The number of benzene rings is 1. The van der Waals surface area contributed by atoms with Crippen LogP contribution in [0.2, 0.25) is 0 Å². The van der Waals surface area contributed by atoms with Crippen LogP contribution in [0.25, 0.3) is 11.1 Å². The van der Waals surface area contributed by atoms with Gasteiger partial charge in [0, 0.05) is 5.56 Å². The van der Waals surface area contributed by atoms with E-state index in [0.29, 0.717) is 5.75 Å². The predicted molar refractivity (Wildman–Crippen MR) is 66.4 cm³/mol. The summed E-state index contributed by atoms with van der Waals surface area (Å²) in [5, 5.41) is 8.77. The number of ether oxygens (including phenoxy) is 1. The van der Waals surface area contributed by atoms with Gasteiger partial charge >= 0.3 is 5.97 Å². The molecular weight excluding hydrogens is 232 g/mol. The van der Waals surface area contributed by atoms with Crippen LogP contribution in [0, 0.1) is 5.92 Å². The third kappa shape index (κ3) is 2.91. The Morgan fingerprint density at radius 1 is 1.39 bits per heavy atom. The second kappa shape index (κ2) is 5.40. The molecule has 1 unspecified atom stereocenters. The minimum atomic E-state index is -0.860. The molecule has 0 aliphatic rings. The summed E-state index contributed by atoms with van der Waals surface area (Å²) in [7, 11) is 0. The first kappa shape index (κ1) is 12.2. The van der Waals surface area contributed by atoms with Gasteiger partial charge in [-0.1, -0.05) is 12.1 Å². The zero-order valence-corrected chi connectivity index (χ0v) is 10.00. The average Bonchev–Trinajstić information content (AvgIpc) is 2.90. The van der Waals surface area contributed by atoms with Gasteiger partial charge in [-0.25, -0.2) is 0 Å². The number of hydrogen-bond acceptors (Lipinski definition) is 3. The van der Waals surface area contributed by atoms with Crippen LogP contribution in [-0.2, 0) is 4.79 Å². The number of aliphatic carboxylic acids is 1. The highest BCUT2D eigenvalue weighted by molar-refractivity contribution is 5.69. The summed E-state index contributed by atoms with van der Waals surface area (Å²) in [6.07, 6.45) is 3.26. The van der Waals surface area contributed by atoms with Gasteiger partial charge in [0.1, 0.15) is 12.4 Å². The fraction of sp³-hybridized carbons (Fsp3) is 0.214. The largest absolute Gasteiger partial charge is 0.493 e.